The summed E-state index contributed by atoms with van der Waals surface area (Å²) < 4.78 is 0. The molecule has 14 heavy (non-hydrogen) atoms. The van der Waals surface area contributed by atoms with Crippen molar-refractivity contribution >= 4 is 18.1 Å². The summed E-state index contributed by atoms with van der Waals surface area (Å²) >= 11 is 0. The number of hydrogen-bond acceptors (Lipinski definition) is 2. The van der Waals surface area contributed by atoms with E-state index in [1.165, 1.54) is 6.92 Å². The van der Waals surface area contributed by atoms with Gasteiger partial charge in [-0.25, -0.2) is 4.79 Å². The number of aliphatic carboxylic acids is 1. The molecule has 0 fully saturated rings. The molecule has 1 radical (unpaired) electrons. The van der Waals surface area contributed by atoms with Gasteiger partial charge in [-0.15, -0.1) is 0 Å². The maximum atomic E-state index is 10.7. The first-order valence-electron chi connectivity index (χ1n) is 4.11. The minimum atomic E-state index is -1.06. The third-order valence-electron chi connectivity index (χ3n) is 1.88. The fourth-order valence-electron chi connectivity index (χ4n) is 1.05. The molecule has 0 aliphatic rings. The van der Waals surface area contributed by atoms with Crippen molar-refractivity contribution < 1.29 is 14.7 Å². The van der Waals surface area contributed by atoms with Crippen LogP contribution in [-0.2, 0) is 9.59 Å². The van der Waals surface area contributed by atoms with Gasteiger partial charge in [0.25, 0.3) is 0 Å². The van der Waals surface area contributed by atoms with E-state index in [0.717, 1.165) is 4.90 Å². The summed E-state index contributed by atoms with van der Waals surface area (Å²) in [5.74, 6) is -1.06. The fourth-order valence-corrected chi connectivity index (χ4v) is 1.05. The largest absolute Gasteiger partial charge is 0.480 e. The Labute approximate surface area is 81.8 Å². The standard InChI is InChI=1S/C10H10NO3/c1-8(10(13)14)11(7-12)9-5-3-2-4-6-9/h2-6,8H,1H3,(H,13,14). The Hall–Kier alpha value is -1.84. The Morgan fingerprint density at radius 2 is 2.00 bits per heavy atom. The molecular formula is C10H10NO3. The van der Waals surface area contributed by atoms with Crippen LogP contribution >= 0.6 is 0 Å². The molecule has 4 heteroatoms. The van der Waals surface area contributed by atoms with E-state index in [9.17, 15) is 9.59 Å². The highest BCUT2D eigenvalue weighted by atomic mass is 16.4. The van der Waals surface area contributed by atoms with E-state index >= 15 is 0 Å². The molecule has 1 aromatic rings. The zero-order chi connectivity index (χ0) is 10.6. The first kappa shape index (κ1) is 10.2. The van der Waals surface area contributed by atoms with Gasteiger partial charge in [-0.05, 0) is 19.1 Å². The van der Waals surface area contributed by atoms with Crippen molar-refractivity contribution in [1.82, 2.24) is 0 Å². The number of benzene rings is 1. The van der Waals surface area contributed by atoms with E-state index in [4.69, 9.17) is 5.11 Å². The molecule has 0 heterocycles. The number of carbonyl (C=O) groups excluding carboxylic acids is 1. The number of anilines is 1. The summed E-state index contributed by atoms with van der Waals surface area (Å²) in [5.41, 5.74) is 0.525. The third-order valence-corrected chi connectivity index (χ3v) is 1.88. The zero-order valence-corrected chi connectivity index (χ0v) is 7.68. The molecule has 1 aromatic carbocycles. The van der Waals surface area contributed by atoms with Crippen LogP contribution in [0.5, 0.6) is 0 Å². The molecule has 1 N–H and O–H groups in total. The zero-order valence-electron chi connectivity index (χ0n) is 7.68. The topological polar surface area (TPSA) is 57.6 Å². The van der Waals surface area contributed by atoms with Gasteiger partial charge in [-0.3, -0.25) is 9.69 Å². The smallest absolute Gasteiger partial charge is 0.326 e. The van der Waals surface area contributed by atoms with Crippen LogP contribution in [0.3, 0.4) is 0 Å². The van der Waals surface area contributed by atoms with Gasteiger partial charge in [-0.1, -0.05) is 18.2 Å². The summed E-state index contributed by atoms with van der Waals surface area (Å²) in [4.78, 5) is 22.3. The molecular weight excluding hydrogens is 182 g/mol. The number of carbonyl (C=O) groups is 1. The molecule has 0 saturated carbocycles. The molecule has 0 aliphatic heterocycles. The van der Waals surface area contributed by atoms with E-state index in [1.54, 1.807) is 36.7 Å². The summed E-state index contributed by atoms with van der Waals surface area (Å²) in [5, 5.41) is 8.72. The highest BCUT2D eigenvalue weighted by molar-refractivity contribution is 5.87. The average Bonchev–Trinajstić information content (AvgIpc) is 2.20. The Balaban J connectivity index is 2.93. The van der Waals surface area contributed by atoms with Gasteiger partial charge in [0, 0.05) is 5.69 Å². The molecule has 0 spiro atoms. The van der Waals surface area contributed by atoms with Crippen LogP contribution in [0, 0.1) is 0 Å². The predicted molar refractivity (Wildman–Crippen MR) is 51.7 cm³/mol. The summed E-state index contributed by atoms with van der Waals surface area (Å²) in [6.07, 6.45) is 1.60. The first-order chi connectivity index (χ1) is 6.66. The monoisotopic (exact) mass is 192 g/mol. The Bertz CT molecular complexity index is 323. The lowest BCUT2D eigenvalue weighted by atomic mass is 10.2. The fraction of sp³-hybridized carbons (Fsp3) is 0.200. The maximum Gasteiger partial charge on any atom is 0.326 e. The molecule has 0 aromatic heterocycles. The molecule has 0 aliphatic carbocycles. The van der Waals surface area contributed by atoms with Gasteiger partial charge in [-0.2, -0.15) is 0 Å². The highest BCUT2D eigenvalue weighted by Gasteiger charge is 2.20. The average molecular weight is 192 g/mol. The normalized spacial score (nSPS) is 11.8. The highest BCUT2D eigenvalue weighted by Crippen LogP contribution is 2.14. The van der Waals surface area contributed by atoms with Gasteiger partial charge in [0.1, 0.15) is 6.04 Å². The van der Waals surface area contributed by atoms with E-state index < -0.39 is 12.0 Å². The predicted octanol–water partition coefficient (Wildman–Crippen LogP) is 1.03. The van der Waals surface area contributed by atoms with Crippen LogP contribution in [0.2, 0.25) is 0 Å². The van der Waals surface area contributed by atoms with E-state index in [1.807, 2.05) is 0 Å². The lowest BCUT2D eigenvalue weighted by molar-refractivity contribution is -0.137. The van der Waals surface area contributed by atoms with Gasteiger partial charge < -0.3 is 5.11 Å². The van der Waals surface area contributed by atoms with Gasteiger partial charge in [0.15, 0.2) is 0 Å². The number of rotatable bonds is 4. The number of para-hydroxylation sites is 1. The Morgan fingerprint density at radius 3 is 2.43 bits per heavy atom. The van der Waals surface area contributed by atoms with E-state index in [2.05, 4.69) is 0 Å². The summed E-state index contributed by atoms with van der Waals surface area (Å²) in [6.45, 7) is 1.43. The van der Waals surface area contributed by atoms with Gasteiger partial charge in [0.05, 0.1) is 0 Å². The second kappa shape index (κ2) is 4.41. The molecule has 1 rings (SSSR count). The third kappa shape index (κ3) is 2.10. The molecule has 0 bridgehead atoms. The van der Waals surface area contributed by atoms with Crippen molar-refractivity contribution in [2.24, 2.45) is 0 Å². The molecule has 4 nitrogen and oxygen atoms in total. The quantitative estimate of drug-likeness (QED) is 0.725. The van der Waals surface area contributed by atoms with Crippen LogP contribution in [0.4, 0.5) is 5.69 Å². The summed E-state index contributed by atoms with van der Waals surface area (Å²) in [7, 11) is 0. The number of hydrogen-bond donors (Lipinski definition) is 1. The first-order valence-corrected chi connectivity index (χ1v) is 4.11. The minimum absolute atomic E-state index is 0.525. The van der Waals surface area contributed by atoms with Gasteiger partial charge >= 0.3 is 12.4 Å². The molecule has 1 atom stereocenters. The van der Waals surface area contributed by atoms with Crippen molar-refractivity contribution in [3.63, 3.8) is 0 Å². The molecule has 1 amide bonds. The number of carboxylic acid groups (broad SMARTS) is 1. The number of amides is 1. The summed E-state index contributed by atoms with van der Waals surface area (Å²) in [6, 6.07) is 7.66. The molecule has 0 saturated heterocycles. The van der Waals surface area contributed by atoms with Crippen molar-refractivity contribution in [3.05, 3.63) is 30.3 Å². The molecule has 73 valence electrons. The van der Waals surface area contributed by atoms with Crippen molar-refractivity contribution in [2.75, 3.05) is 4.90 Å². The van der Waals surface area contributed by atoms with Crippen LogP contribution in [0.15, 0.2) is 30.3 Å². The van der Waals surface area contributed by atoms with Crippen molar-refractivity contribution in [3.8, 4) is 0 Å². The second-order valence-electron chi connectivity index (χ2n) is 2.81. The number of nitrogens with zero attached hydrogens (tertiary/aromatic N) is 1. The lowest BCUT2D eigenvalue weighted by Gasteiger charge is -2.20. The Kier molecular flexibility index (Phi) is 3.23. The second-order valence-corrected chi connectivity index (χ2v) is 2.81. The van der Waals surface area contributed by atoms with Crippen molar-refractivity contribution in [1.29, 1.82) is 0 Å². The maximum absolute atomic E-state index is 10.7. The van der Waals surface area contributed by atoms with Crippen molar-refractivity contribution in [2.45, 2.75) is 13.0 Å². The van der Waals surface area contributed by atoms with E-state index in [-0.39, 0.29) is 0 Å². The Morgan fingerprint density at radius 1 is 1.43 bits per heavy atom. The van der Waals surface area contributed by atoms with Crippen LogP contribution < -0.4 is 4.90 Å². The van der Waals surface area contributed by atoms with Crippen LogP contribution in [0.1, 0.15) is 6.92 Å². The van der Waals surface area contributed by atoms with E-state index in [0.29, 0.717) is 5.69 Å². The SMILES string of the molecule is CC(C(=O)O)N([C]=O)c1ccccc1. The molecule has 1 unspecified atom stereocenters. The van der Waals surface area contributed by atoms with Gasteiger partial charge in [0.2, 0.25) is 0 Å². The van der Waals surface area contributed by atoms with Crippen LogP contribution in [-0.4, -0.2) is 23.5 Å². The van der Waals surface area contributed by atoms with Crippen LogP contribution in [0.25, 0.3) is 0 Å². The minimum Gasteiger partial charge on any atom is -0.480 e. The number of carboxylic acids is 1. The lowest BCUT2D eigenvalue weighted by Crippen LogP contribution is -2.37.